The number of amides is 2. The van der Waals surface area contributed by atoms with Gasteiger partial charge < -0.3 is 10.6 Å². The summed E-state index contributed by atoms with van der Waals surface area (Å²) in [6.45, 7) is 7.34. The molecule has 9 heteroatoms. The third-order valence-corrected chi connectivity index (χ3v) is 5.69. The van der Waals surface area contributed by atoms with E-state index in [1.165, 1.54) is 18.3 Å². The number of hydrogen-bond acceptors (Lipinski definition) is 6. The Balaban J connectivity index is 1.46. The average molecular weight is 422 g/mol. The molecule has 1 aromatic carbocycles. The topological polar surface area (TPSA) is 77.6 Å². The minimum Gasteiger partial charge on any atom is -0.325 e. The number of nitrogens with zero attached hydrogens (tertiary/aromatic N) is 3. The Morgan fingerprint density at radius 2 is 2.00 bits per heavy atom. The maximum Gasteiger partial charge on any atom is 0.238 e. The lowest BCUT2D eigenvalue weighted by molar-refractivity contribution is -0.118. The summed E-state index contributed by atoms with van der Waals surface area (Å²) in [5, 5.41) is 6.90. The molecule has 0 aliphatic carbocycles. The zero-order chi connectivity index (χ0) is 20.1. The molecule has 7 nitrogen and oxygen atoms in total. The number of halogens is 1. The molecule has 1 aliphatic rings. The first-order valence-electron chi connectivity index (χ1n) is 9.13. The van der Waals surface area contributed by atoms with Crippen LogP contribution < -0.4 is 10.6 Å². The Morgan fingerprint density at radius 3 is 2.68 bits per heavy atom. The van der Waals surface area contributed by atoms with E-state index < -0.39 is 0 Å². The Labute approximate surface area is 173 Å². The van der Waals surface area contributed by atoms with Gasteiger partial charge in [0.1, 0.15) is 0 Å². The molecule has 0 saturated carbocycles. The minimum absolute atomic E-state index is 0.0228. The van der Waals surface area contributed by atoms with Crippen LogP contribution in [0.25, 0.3) is 0 Å². The van der Waals surface area contributed by atoms with Gasteiger partial charge in [0, 0.05) is 60.9 Å². The number of hydrogen-bond donors (Lipinski definition) is 2. The highest BCUT2D eigenvalue weighted by atomic mass is 35.5. The monoisotopic (exact) mass is 421 g/mol. The molecule has 1 saturated heterocycles. The first kappa shape index (κ1) is 20.7. The molecule has 2 aromatic rings. The number of carbonyl (C=O) groups is 2. The largest absolute Gasteiger partial charge is 0.325 e. The van der Waals surface area contributed by atoms with Crippen LogP contribution in [-0.2, 0) is 16.1 Å². The van der Waals surface area contributed by atoms with Gasteiger partial charge in [0.25, 0.3) is 0 Å². The molecule has 0 bridgehead atoms. The highest BCUT2D eigenvalue weighted by Gasteiger charge is 2.25. The first-order chi connectivity index (χ1) is 13.4. The van der Waals surface area contributed by atoms with Crippen molar-refractivity contribution in [2.75, 3.05) is 36.8 Å². The molecule has 0 spiro atoms. The fraction of sp³-hybridized carbons (Fsp3) is 0.421. The molecule has 28 heavy (non-hydrogen) atoms. The number of aromatic nitrogens is 1. The molecule has 1 aliphatic heterocycles. The summed E-state index contributed by atoms with van der Waals surface area (Å²) in [5.74, 6) is -0.134. The maximum atomic E-state index is 12.3. The van der Waals surface area contributed by atoms with E-state index in [1.807, 2.05) is 6.20 Å². The van der Waals surface area contributed by atoms with Crippen molar-refractivity contribution in [3.8, 4) is 0 Å². The summed E-state index contributed by atoms with van der Waals surface area (Å²) < 4.78 is 0. The number of carbonyl (C=O) groups excluding carboxylic acids is 2. The van der Waals surface area contributed by atoms with E-state index in [-0.39, 0.29) is 11.8 Å². The van der Waals surface area contributed by atoms with Gasteiger partial charge in [-0.2, -0.15) is 0 Å². The van der Waals surface area contributed by atoms with Crippen molar-refractivity contribution in [3.63, 3.8) is 0 Å². The van der Waals surface area contributed by atoms with Crippen molar-refractivity contribution in [2.24, 2.45) is 0 Å². The quantitative estimate of drug-likeness (QED) is 0.749. The van der Waals surface area contributed by atoms with Crippen molar-refractivity contribution in [3.05, 3.63) is 40.4 Å². The normalized spacial score (nSPS) is 18.0. The van der Waals surface area contributed by atoms with Gasteiger partial charge in [-0.05, 0) is 31.2 Å². The molecule has 1 atom stereocenters. The number of benzene rings is 1. The molecule has 150 valence electrons. The van der Waals surface area contributed by atoms with E-state index in [9.17, 15) is 9.59 Å². The van der Waals surface area contributed by atoms with Crippen LogP contribution in [0, 0.1) is 0 Å². The van der Waals surface area contributed by atoms with Gasteiger partial charge in [-0.3, -0.25) is 19.4 Å². The summed E-state index contributed by atoms with van der Waals surface area (Å²) in [6.07, 6.45) is 1.81. The van der Waals surface area contributed by atoms with Crippen molar-refractivity contribution < 1.29 is 9.59 Å². The minimum atomic E-state index is -0.111. The lowest BCUT2D eigenvalue weighted by Gasteiger charge is -2.39. The molecule has 0 unspecified atom stereocenters. The number of nitrogens with one attached hydrogen (secondary N) is 2. The molecule has 1 aromatic heterocycles. The van der Waals surface area contributed by atoms with Crippen LogP contribution in [0.1, 0.15) is 18.7 Å². The average Bonchev–Trinajstić information content (AvgIpc) is 3.05. The van der Waals surface area contributed by atoms with Crippen LogP contribution >= 0.6 is 22.9 Å². The summed E-state index contributed by atoms with van der Waals surface area (Å²) in [4.78, 5) is 33.3. The molecule has 2 amide bonds. The van der Waals surface area contributed by atoms with E-state index in [1.54, 1.807) is 24.3 Å². The van der Waals surface area contributed by atoms with E-state index in [0.717, 1.165) is 36.7 Å². The summed E-state index contributed by atoms with van der Waals surface area (Å²) in [5.41, 5.74) is 0.751. The Kier molecular flexibility index (Phi) is 7.01. The number of thiazole rings is 1. The van der Waals surface area contributed by atoms with Crippen LogP contribution in [0.5, 0.6) is 0 Å². The second-order valence-electron chi connectivity index (χ2n) is 6.92. The predicted octanol–water partition coefficient (Wildman–Crippen LogP) is 2.90. The highest BCUT2D eigenvalue weighted by Crippen LogP contribution is 2.22. The van der Waals surface area contributed by atoms with Crippen molar-refractivity contribution >= 4 is 45.6 Å². The van der Waals surface area contributed by atoms with Gasteiger partial charge >= 0.3 is 0 Å². The fourth-order valence-corrected chi connectivity index (χ4v) is 4.19. The number of anilines is 2. The number of piperazine rings is 1. The summed E-state index contributed by atoms with van der Waals surface area (Å²) in [7, 11) is 0. The predicted molar refractivity (Wildman–Crippen MR) is 113 cm³/mol. The molecule has 3 rings (SSSR count). The van der Waals surface area contributed by atoms with E-state index in [4.69, 9.17) is 11.6 Å². The van der Waals surface area contributed by atoms with Crippen molar-refractivity contribution in [1.82, 2.24) is 14.8 Å². The van der Waals surface area contributed by atoms with E-state index >= 15 is 0 Å². The van der Waals surface area contributed by atoms with Gasteiger partial charge in [0.15, 0.2) is 5.13 Å². The maximum absolute atomic E-state index is 12.3. The van der Waals surface area contributed by atoms with Gasteiger partial charge in [0.05, 0.1) is 6.54 Å². The SMILES string of the molecule is CC(=O)Nc1ncc(CN2CCN(CC(=O)Nc3ccc(Cl)cc3)C[C@H]2C)s1. The highest BCUT2D eigenvalue weighted by molar-refractivity contribution is 7.15. The van der Waals surface area contributed by atoms with Gasteiger partial charge in [-0.25, -0.2) is 4.98 Å². The van der Waals surface area contributed by atoms with Gasteiger partial charge in [0.2, 0.25) is 11.8 Å². The van der Waals surface area contributed by atoms with Crippen molar-refractivity contribution in [1.29, 1.82) is 0 Å². The lowest BCUT2D eigenvalue weighted by atomic mass is 10.2. The molecule has 2 N–H and O–H groups in total. The molecular weight excluding hydrogens is 398 g/mol. The third-order valence-electron chi connectivity index (χ3n) is 4.54. The second kappa shape index (κ2) is 9.47. The first-order valence-corrected chi connectivity index (χ1v) is 10.3. The Bertz CT molecular complexity index is 826. The van der Waals surface area contributed by atoms with Gasteiger partial charge in [-0.15, -0.1) is 11.3 Å². The zero-order valence-corrected chi connectivity index (χ0v) is 17.5. The molecule has 1 fully saturated rings. The molecular formula is C19H24ClN5O2S. The van der Waals surface area contributed by atoms with E-state index in [0.29, 0.717) is 22.7 Å². The molecule has 0 radical (unpaired) electrons. The van der Waals surface area contributed by atoms with Gasteiger partial charge in [-0.1, -0.05) is 11.6 Å². The smallest absolute Gasteiger partial charge is 0.238 e. The van der Waals surface area contributed by atoms with Crippen LogP contribution in [0.2, 0.25) is 5.02 Å². The van der Waals surface area contributed by atoms with E-state index in [2.05, 4.69) is 32.3 Å². The lowest BCUT2D eigenvalue weighted by Crippen LogP contribution is -2.52. The Morgan fingerprint density at radius 1 is 1.25 bits per heavy atom. The summed E-state index contributed by atoms with van der Waals surface area (Å²) in [6, 6.07) is 7.43. The fourth-order valence-electron chi connectivity index (χ4n) is 3.18. The number of rotatable bonds is 6. The molecule has 2 heterocycles. The third kappa shape index (κ3) is 6.00. The standard InChI is InChI=1S/C19H24ClN5O2S/c1-13-10-24(12-18(27)23-16-5-3-15(20)4-6-16)7-8-25(13)11-17-9-21-19(28-17)22-14(2)26/h3-6,9,13H,7-8,10-12H2,1-2H3,(H,23,27)(H,21,22,26)/t13-/m1/s1. The van der Waals surface area contributed by atoms with Crippen LogP contribution in [0.15, 0.2) is 30.5 Å². The second-order valence-corrected chi connectivity index (χ2v) is 8.47. The van der Waals surface area contributed by atoms with Crippen molar-refractivity contribution in [2.45, 2.75) is 26.4 Å². The Hall–Kier alpha value is -2.00. The summed E-state index contributed by atoms with van der Waals surface area (Å²) >= 11 is 7.37. The van der Waals surface area contributed by atoms with Crippen LogP contribution in [0.4, 0.5) is 10.8 Å². The zero-order valence-electron chi connectivity index (χ0n) is 15.9. The van der Waals surface area contributed by atoms with Crippen LogP contribution in [-0.4, -0.2) is 58.8 Å². The van der Waals surface area contributed by atoms with Crippen LogP contribution in [0.3, 0.4) is 0 Å².